The zero-order valence-corrected chi connectivity index (χ0v) is 13.9. The summed E-state index contributed by atoms with van der Waals surface area (Å²) in [5, 5.41) is 2.73. The van der Waals surface area contributed by atoms with E-state index in [0.717, 1.165) is 6.42 Å². The molecular formula is C17H18FN5O2. The van der Waals surface area contributed by atoms with E-state index in [4.69, 9.17) is 10.5 Å². The normalized spacial score (nSPS) is 10.8. The summed E-state index contributed by atoms with van der Waals surface area (Å²) < 4.78 is 21.2. The number of anilines is 1. The Bertz CT molecular complexity index is 938. The second-order valence-corrected chi connectivity index (χ2v) is 5.39. The lowest BCUT2D eigenvalue weighted by Crippen LogP contribution is -2.25. The third-order valence-electron chi connectivity index (χ3n) is 3.76. The Morgan fingerprint density at radius 3 is 2.96 bits per heavy atom. The molecule has 0 unspecified atom stereocenters. The number of nitrogen functional groups attached to an aromatic ring is 1. The van der Waals surface area contributed by atoms with Gasteiger partial charge in [-0.3, -0.25) is 14.2 Å². The predicted octanol–water partition coefficient (Wildman–Crippen LogP) is 2.27. The van der Waals surface area contributed by atoms with Crippen LogP contribution in [-0.4, -0.2) is 33.9 Å². The highest BCUT2D eigenvalue weighted by Gasteiger charge is 2.22. The van der Waals surface area contributed by atoms with Gasteiger partial charge in [0.05, 0.1) is 12.7 Å². The third kappa shape index (κ3) is 2.86. The van der Waals surface area contributed by atoms with Crippen molar-refractivity contribution in [3.63, 3.8) is 0 Å². The molecule has 1 amide bonds. The number of carbonyl (C=O) groups is 1. The summed E-state index contributed by atoms with van der Waals surface area (Å²) in [5.74, 6) is -0.394. The Kier molecular flexibility index (Phi) is 4.51. The minimum Gasteiger partial charge on any atom is -0.496 e. The molecule has 25 heavy (non-hydrogen) atoms. The molecule has 0 fully saturated rings. The molecule has 7 nitrogen and oxygen atoms in total. The van der Waals surface area contributed by atoms with Crippen LogP contribution < -0.4 is 15.8 Å². The van der Waals surface area contributed by atoms with Crippen LogP contribution in [0.4, 0.5) is 10.2 Å². The molecule has 2 aromatic heterocycles. The van der Waals surface area contributed by atoms with E-state index >= 15 is 0 Å². The highest BCUT2D eigenvalue weighted by atomic mass is 19.1. The third-order valence-corrected chi connectivity index (χ3v) is 3.76. The number of hydrogen-bond acceptors (Lipinski definition) is 5. The Morgan fingerprint density at radius 2 is 2.24 bits per heavy atom. The van der Waals surface area contributed by atoms with E-state index in [1.54, 1.807) is 18.3 Å². The van der Waals surface area contributed by atoms with E-state index in [1.807, 2.05) is 6.92 Å². The van der Waals surface area contributed by atoms with E-state index in [9.17, 15) is 9.18 Å². The van der Waals surface area contributed by atoms with Gasteiger partial charge in [0.2, 0.25) is 0 Å². The maximum absolute atomic E-state index is 14.4. The van der Waals surface area contributed by atoms with Gasteiger partial charge in [0.15, 0.2) is 11.3 Å². The van der Waals surface area contributed by atoms with Gasteiger partial charge < -0.3 is 15.8 Å². The predicted molar refractivity (Wildman–Crippen MR) is 92.0 cm³/mol. The number of amides is 1. The molecule has 3 aromatic rings. The Morgan fingerprint density at radius 1 is 1.44 bits per heavy atom. The van der Waals surface area contributed by atoms with Crippen LogP contribution in [0.15, 0.2) is 30.6 Å². The van der Waals surface area contributed by atoms with E-state index in [1.165, 1.54) is 23.8 Å². The van der Waals surface area contributed by atoms with Gasteiger partial charge in [0.25, 0.3) is 5.91 Å². The number of halogens is 1. The van der Waals surface area contributed by atoms with Gasteiger partial charge in [-0.25, -0.2) is 9.37 Å². The van der Waals surface area contributed by atoms with Gasteiger partial charge in [-0.15, -0.1) is 0 Å². The van der Waals surface area contributed by atoms with Crippen molar-refractivity contribution in [1.82, 2.24) is 19.7 Å². The monoisotopic (exact) mass is 343 g/mol. The lowest BCUT2D eigenvalue weighted by Gasteiger charge is -2.09. The number of rotatable bonds is 5. The Labute approximate surface area is 143 Å². The summed E-state index contributed by atoms with van der Waals surface area (Å²) in [5.41, 5.74) is 6.83. The first-order valence-electron chi connectivity index (χ1n) is 7.82. The number of aromatic nitrogens is 3. The number of imidazole rings is 1. The van der Waals surface area contributed by atoms with Crippen LogP contribution in [0.5, 0.6) is 5.75 Å². The number of nitrogens with zero attached hydrogens (tertiary/aromatic N) is 3. The first-order valence-corrected chi connectivity index (χ1v) is 7.82. The molecule has 0 saturated heterocycles. The minimum absolute atomic E-state index is 0.0815. The number of carbonyl (C=O) groups excluding carboxylic acids is 1. The Balaban J connectivity index is 2.21. The molecule has 3 rings (SSSR count). The average Bonchev–Trinajstić information content (AvgIpc) is 2.96. The molecule has 3 N–H and O–H groups in total. The summed E-state index contributed by atoms with van der Waals surface area (Å²) in [6.07, 6.45) is 3.84. The van der Waals surface area contributed by atoms with Crippen LogP contribution in [-0.2, 0) is 0 Å². The number of nitrogens with one attached hydrogen (secondary N) is 1. The highest BCUT2D eigenvalue weighted by Crippen LogP contribution is 2.34. The largest absolute Gasteiger partial charge is 0.496 e. The zero-order valence-electron chi connectivity index (χ0n) is 13.9. The van der Waals surface area contributed by atoms with Crippen molar-refractivity contribution < 1.29 is 13.9 Å². The van der Waals surface area contributed by atoms with Crippen molar-refractivity contribution in [3.05, 3.63) is 42.1 Å². The molecule has 0 spiro atoms. The maximum Gasteiger partial charge on any atom is 0.273 e. The molecule has 0 aliphatic rings. The second-order valence-electron chi connectivity index (χ2n) is 5.39. The van der Waals surface area contributed by atoms with E-state index in [-0.39, 0.29) is 34.3 Å². The first-order chi connectivity index (χ1) is 12.1. The van der Waals surface area contributed by atoms with Crippen molar-refractivity contribution in [2.24, 2.45) is 0 Å². The molecular weight excluding hydrogens is 325 g/mol. The van der Waals surface area contributed by atoms with Gasteiger partial charge in [-0.1, -0.05) is 13.0 Å². The highest BCUT2D eigenvalue weighted by molar-refractivity contribution is 5.98. The van der Waals surface area contributed by atoms with E-state index < -0.39 is 5.82 Å². The Hall–Kier alpha value is -3.16. The van der Waals surface area contributed by atoms with Gasteiger partial charge >= 0.3 is 0 Å². The number of nitrogens with two attached hydrogens (primary N) is 1. The standard InChI is InChI=1S/C17H18FN5O2/c1-3-7-21-17(24)14-15(19)23-9-8-20-13(16(23)22-14)12-10(18)5-4-6-11(12)25-2/h4-6,8-9H,3,7,19H2,1-2H3,(H,21,24). The maximum atomic E-state index is 14.4. The van der Waals surface area contributed by atoms with E-state index in [2.05, 4.69) is 15.3 Å². The van der Waals surface area contributed by atoms with Gasteiger partial charge in [-0.2, -0.15) is 0 Å². The van der Waals surface area contributed by atoms with Crippen LogP contribution >= 0.6 is 0 Å². The fourth-order valence-electron chi connectivity index (χ4n) is 2.57. The molecule has 0 aliphatic carbocycles. The van der Waals surface area contributed by atoms with Gasteiger partial charge in [0.1, 0.15) is 23.1 Å². The summed E-state index contributed by atoms with van der Waals surface area (Å²) in [7, 11) is 1.45. The lowest BCUT2D eigenvalue weighted by molar-refractivity contribution is 0.0950. The van der Waals surface area contributed by atoms with Crippen molar-refractivity contribution in [2.45, 2.75) is 13.3 Å². The van der Waals surface area contributed by atoms with Crippen molar-refractivity contribution in [2.75, 3.05) is 19.4 Å². The zero-order chi connectivity index (χ0) is 18.0. The topological polar surface area (TPSA) is 94.5 Å². The minimum atomic E-state index is -0.501. The molecule has 0 atom stereocenters. The SMILES string of the molecule is CCCNC(=O)c1nc2c(-c3c(F)cccc3OC)nccn2c1N. The van der Waals surface area contributed by atoms with Gasteiger partial charge in [0, 0.05) is 18.9 Å². The number of ether oxygens (including phenoxy) is 1. The number of methoxy groups -OCH3 is 1. The lowest BCUT2D eigenvalue weighted by atomic mass is 10.1. The molecule has 0 bridgehead atoms. The van der Waals surface area contributed by atoms with Crippen molar-refractivity contribution in [1.29, 1.82) is 0 Å². The molecule has 130 valence electrons. The quantitative estimate of drug-likeness (QED) is 0.741. The summed E-state index contributed by atoms with van der Waals surface area (Å²) in [4.78, 5) is 20.8. The molecule has 0 aliphatic heterocycles. The molecule has 2 heterocycles. The molecule has 8 heteroatoms. The fourth-order valence-corrected chi connectivity index (χ4v) is 2.57. The smallest absolute Gasteiger partial charge is 0.273 e. The van der Waals surface area contributed by atoms with Gasteiger partial charge in [-0.05, 0) is 18.6 Å². The van der Waals surface area contributed by atoms with Crippen molar-refractivity contribution >= 4 is 17.4 Å². The fraction of sp³-hybridized carbons (Fsp3) is 0.235. The molecule has 0 saturated carbocycles. The van der Waals surface area contributed by atoms with Crippen LogP contribution in [0.3, 0.4) is 0 Å². The van der Waals surface area contributed by atoms with Crippen LogP contribution in [0.25, 0.3) is 16.9 Å². The number of benzene rings is 1. The summed E-state index contributed by atoms with van der Waals surface area (Å²) >= 11 is 0. The number of hydrogen-bond donors (Lipinski definition) is 2. The molecule has 1 aromatic carbocycles. The number of fused-ring (bicyclic) bond motifs is 1. The second kappa shape index (κ2) is 6.76. The summed E-state index contributed by atoms with van der Waals surface area (Å²) in [6.45, 7) is 2.46. The van der Waals surface area contributed by atoms with Crippen LogP contribution in [0.1, 0.15) is 23.8 Å². The summed E-state index contributed by atoms with van der Waals surface area (Å²) in [6, 6.07) is 4.48. The first kappa shape index (κ1) is 16.7. The van der Waals surface area contributed by atoms with Crippen molar-refractivity contribution in [3.8, 4) is 17.0 Å². The average molecular weight is 343 g/mol. The van der Waals surface area contributed by atoms with E-state index in [0.29, 0.717) is 12.3 Å². The molecule has 0 radical (unpaired) electrons. The van der Waals surface area contributed by atoms with Crippen LogP contribution in [0, 0.1) is 5.82 Å². The van der Waals surface area contributed by atoms with Crippen LogP contribution in [0.2, 0.25) is 0 Å².